The van der Waals surface area contributed by atoms with Gasteiger partial charge in [0.15, 0.2) is 6.10 Å². The van der Waals surface area contributed by atoms with Crippen LogP contribution in [0.25, 0.3) is 0 Å². The fraction of sp³-hybridized carbons (Fsp3) is 0.750. The summed E-state index contributed by atoms with van der Waals surface area (Å²) in [7, 11) is 1.25. The van der Waals surface area contributed by atoms with Gasteiger partial charge in [-0.2, -0.15) is 0 Å². The van der Waals surface area contributed by atoms with Gasteiger partial charge in [0.05, 0.1) is 13.7 Å². The normalized spacial score (nSPS) is 11.9. The molecule has 0 heterocycles. The van der Waals surface area contributed by atoms with E-state index in [1.807, 2.05) is 0 Å². The Morgan fingerprint density at radius 1 is 1.38 bits per heavy atom. The van der Waals surface area contributed by atoms with Crippen LogP contribution in [-0.4, -0.2) is 38.4 Å². The van der Waals surface area contributed by atoms with Crippen molar-refractivity contribution in [1.82, 2.24) is 0 Å². The maximum atomic E-state index is 10.9. The van der Waals surface area contributed by atoms with E-state index in [4.69, 9.17) is 4.74 Å². The van der Waals surface area contributed by atoms with Crippen molar-refractivity contribution < 1.29 is 23.8 Å². The number of ether oxygens (including phenoxy) is 3. The summed E-state index contributed by atoms with van der Waals surface area (Å²) in [4.78, 5) is 21.5. The van der Waals surface area contributed by atoms with Gasteiger partial charge in [0.1, 0.15) is 6.61 Å². The van der Waals surface area contributed by atoms with Gasteiger partial charge in [-0.1, -0.05) is 0 Å². The van der Waals surface area contributed by atoms with Crippen LogP contribution in [-0.2, 0) is 23.8 Å². The molecule has 0 bridgehead atoms. The monoisotopic (exact) mass is 190 g/mol. The zero-order chi connectivity index (χ0) is 10.3. The van der Waals surface area contributed by atoms with Crippen LogP contribution in [0.2, 0.25) is 0 Å². The third-order valence-electron chi connectivity index (χ3n) is 1.30. The zero-order valence-corrected chi connectivity index (χ0v) is 8.03. The minimum Gasteiger partial charge on any atom is -0.467 e. The number of carbonyl (C=O) groups excluding carboxylic acids is 2. The smallest absolute Gasteiger partial charge is 0.334 e. The highest BCUT2D eigenvalue weighted by molar-refractivity contribution is 5.75. The zero-order valence-electron chi connectivity index (χ0n) is 8.03. The Morgan fingerprint density at radius 2 is 2.00 bits per heavy atom. The van der Waals surface area contributed by atoms with Crippen molar-refractivity contribution in [1.29, 1.82) is 0 Å². The number of carbonyl (C=O) groups is 2. The van der Waals surface area contributed by atoms with Gasteiger partial charge < -0.3 is 14.2 Å². The van der Waals surface area contributed by atoms with E-state index >= 15 is 0 Å². The topological polar surface area (TPSA) is 61.8 Å². The molecule has 0 radical (unpaired) electrons. The molecule has 0 spiro atoms. The van der Waals surface area contributed by atoms with E-state index in [9.17, 15) is 9.59 Å². The number of rotatable bonds is 5. The van der Waals surface area contributed by atoms with E-state index in [2.05, 4.69) is 9.47 Å². The predicted molar refractivity (Wildman–Crippen MR) is 44.1 cm³/mol. The molecule has 0 aliphatic rings. The molecule has 0 N–H and O–H groups in total. The maximum Gasteiger partial charge on any atom is 0.334 e. The fourth-order valence-electron chi connectivity index (χ4n) is 0.580. The molecular weight excluding hydrogens is 176 g/mol. The molecule has 0 saturated carbocycles. The molecular formula is C8H14O5. The van der Waals surface area contributed by atoms with E-state index < -0.39 is 18.0 Å². The molecule has 5 heteroatoms. The van der Waals surface area contributed by atoms with Crippen molar-refractivity contribution >= 4 is 11.9 Å². The molecule has 5 nitrogen and oxygen atoms in total. The van der Waals surface area contributed by atoms with Gasteiger partial charge in [-0.25, -0.2) is 9.59 Å². The van der Waals surface area contributed by atoms with Crippen LogP contribution in [0.1, 0.15) is 13.8 Å². The van der Waals surface area contributed by atoms with E-state index in [0.29, 0.717) is 6.61 Å². The molecule has 13 heavy (non-hydrogen) atoms. The standard InChI is InChI=1S/C8H14O5/c1-4-12-8(10)6(2)13-5-7(9)11-3/h6H,4-5H2,1-3H3/t6-/m0/s1. The summed E-state index contributed by atoms with van der Waals surface area (Å²) >= 11 is 0. The summed E-state index contributed by atoms with van der Waals surface area (Å²) in [6, 6.07) is 0. The third-order valence-corrected chi connectivity index (χ3v) is 1.30. The average molecular weight is 190 g/mol. The highest BCUT2D eigenvalue weighted by atomic mass is 16.6. The molecule has 0 saturated heterocycles. The van der Waals surface area contributed by atoms with Crippen molar-refractivity contribution in [2.24, 2.45) is 0 Å². The first kappa shape index (κ1) is 11.9. The van der Waals surface area contributed by atoms with Gasteiger partial charge in [0.25, 0.3) is 0 Å². The molecule has 0 unspecified atom stereocenters. The summed E-state index contributed by atoms with van der Waals surface area (Å²) in [6.07, 6.45) is -0.737. The molecule has 1 atom stereocenters. The number of esters is 2. The van der Waals surface area contributed by atoms with Gasteiger partial charge in [-0.15, -0.1) is 0 Å². The SMILES string of the molecule is CCOC(=O)[C@H](C)OCC(=O)OC. The van der Waals surface area contributed by atoms with E-state index in [1.165, 1.54) is 14.0 Å². The van der Waals surface area contributed by atoms with Crippen LogP contribution < -0.4 is 0 Å². The Kier molecular flexibility index (Phi) is 5.88. The van der Waals surface area contributed by atoms with E-state index in [-0.39, 0.29) is 6.61 Å². The highest BCUT2D eigenvalue weighted by Crippen LogP contribution is 1.94. The average Bonchev–Trinajstić information content (AvgIpc) is 2.13. The van der Waals surface area contributed by atoms with Crippen molar-refractivity contribution in [2.45, 2.75) is 20.0 Å². The van der Waals surface area contributed by atoms with Crippen molar-refractivity contribution in [3.63, 3.8) is 0 Å². The minimum atomic E-state index is -0.737. The van der Waals surface area contributed by atoms with E-state index in [1.54, 1.807) is 6.92 Å². The number of hydrogen-bond acceptors (Lipinski definition) is 5. The lowest BCUT2D eigenvalue weighted by Gasteiger charge is -2.10. The van der Waals surface area contributed by atoms with E-state index in [0.717, 1.165) is 0 Å². The van der Waals surface area contributed by atoms with Gasteiger partial charge in [-0.05, 0) is 13.8 Å². The molecule has 0 aromatic heterocycles. The largest absolute Gasteiger partial charge is 0.467 e. The first-order chi connectivity index (χ1) is 6.11. The van der Waals surface area contributed by atoms with Crippen molar-refractivity contribution in [3.05, 3.63) is 0 Å². The Bertz CT molecular complexity index is 177. The second-order valence-corrected chi connectivity index (χ2v) is 2.28. The molecule has 0 amide bonds. The van der Waals surface area contributed by atoms with Crippen LogP contribution in [0, 0.1) is 0 Å². The molecule has 76 valence electrons. The first-order valence-electron chi connectivity index (χ1n) is 3.96. The lowest BCUT2D eigenvalue weighted by Crippen LogP contribution is -2.26. The number of methoxy groups -OCH3 is 1. The fourth-order valence-corrected chi connectivity index (χ4v) is 0.580. The molecule has 0 aliphatic carbocycles. The lowest BCUT2D eigenvalue weighted by molar-refractivity contribution is -0.160. The summed E-state index contributed by atoms with van der Waals surface area (Å²) in [5.41, 5.74) is 0. The third kappa shape index (κ3) is 5.19. The maximum absolute atomic E-state index is 10.9. The van der Waals surface area contributed by atoms with Gasteiger partial charge in [0.2, 0.25) is 0 Å². The second-order valence-electron chi connectivity index (χ2n) is 2.28. The Balaban J connectivity index is 3.67. The Labute approximate surface area is 77.0 Å². The lowest BCUT2D eigenvalue weighted by atomic mass is 10.4. The Hall–Kier alpha value is -1.10. The van der Waals surface area contributed by atoms with Crippen LogP contribution in [0.3, 0.4) is 0 Å². The van der Waals surface area contributed by atoms with Crippen LogP contribution >= 0.6 is 0 Å². The van der Waals surface area contributed by atoms with Crippen molar-refractivity contribution in [3.8, 4) is 0 Å². The number of hydrogen-bond donors (Lipinski definition) is 0. The summed E-state index contributed by atoms with van der Waals surface area (Å²) < 4.78 is 13.8. The molecule has 0 rings (SSSR count). The predicted octanol–water partition coefficient (Wildman–Crippen LogP) is 0.128. The molecule has 0 fully saturated rings. The van der Waals surface area contributed by atoms with Crippen LogP contribution in [0.15, 0.2) is 0 Å². The van der Waals surface area contributed by atoms with Crippen LogP contribution in [0.4, 0.5) is 0 Å². The minimum absolute atomic E-state index is 0.240. The quantitative estimate of drug-likeness (QED) is 0.576. The Morgan fingerprint density at radius 3 is 2.46 bits per heavy atom. The summed E-state index contributed by atoms with van der Waals surface area (Å²) in [5, 5.41) is 0. The summed E-state index contributed by atoms with van der Waals surface area (Å²) in [5.74, 6) is -0.998. The first-order valence-corrected chi connectivity index (χ1v) is 3.96. The van der Waals surface area contributed by atoms with Crippen molar-refractivity contribution in [2.75, 3.05) is 20.3 Å². The molecule has 0 aromatic rings. The molecule has 0 aromatic carbocycles. The van der Waals surface area contributed by atoms with Gasteiger partial charge >= 0.3 is 11.9 Å². The molecule has 0 aliphatic heterocycles. The second kappa shape index (κ2) is 6.42. The van der Waals surface area contributed by atoms with Gasteiger partial charge in [-0.3, -0.25) is 0 Å². The van der Waals surface area contributed by atoms with Gasteiger partial charge in [0, 0.05) is 0 Å². The highest BCUT2D eigenvalue weighted by Gasteiger charge is 2.15. The van der Waals surface area contributed by atoms with Crippen LogP contribution in [0.5, 0.6) is 0 Å². The summed E-state index contributed by atoms with van der Waals surface area (Å²) in [6.45, 7) is 3.27.